The quantitative estimate of drug-likeness (QED) is 0.182. The first-order chi connectivity index (χ1) is 18.2. The Labute approximate surface area is 221 Å². The van der Waals surface area contributed by atoms with Crippen LogP contribution in [-0.2, 0) is 11.3 Å². The van der Waals surface area contributed by atoms with Gasteiger partial charge < -0.3 is 10.6 Å². The highest BCUT2D eigenvalue weighted by Gasteiger charge is 2.19. The number of rotatable bonds is 9. The molecule has 12 heteroatoms. The minimum absolute atomic E-state index is 0.0344. The van der Waals surface area contributed by atoms with Crippen molar-refractivity contribution in [1.29, 1.82) is 0 Å². The largest absolute Gasteiger partial charge is 0.345 e. The van der Waals surface area contributed by atoms with Crippen LogP contribution in [0.4, 0.5) is 15.8 Å². The lowest BCUT2D eigenvalue weighted by Gasteiger charge is -2.11. The normalized spacial score (nSPS) is 10.7. The van der Waals surface area contributed by atoms with Crippen LogP contribution in [0, 0.1) is 29.8 Å². The number of nitro benzene ring substituents is 1. The molecule has 10 nitrogen and oxygen atoms in total. The lowest BCUT2D eigenvalue weighted by molar-refractivity contribution is -0.385. The van der Waals surface area contributed by atoms with E-state index in [1.807, 2.05) is 25.1 Å². The summed E-state index contributed by atoms with van der Waals surface area (Å²) in [7, 11) is 0. The number of anilines is 1. The summed E-state index contributed by atoms with van der Waals surface area (Å²) in [6, 6.07) is 17.3. The number of carbonyl (C=O) groups excluding carboxylic acids is 2. The zero-order chi connectivity index (χ0) is 27.2. The van der Waals surface area contributed by atoms with Gasteiger partial charge in [0.05, 0.1) is 17.2 Å². The molecule has 0 aliphatic carbocycles. The van der Waals surface area contributed by atoms with Crippen molar-refractivity contribution in [1.82, 2.24) is 20.1 Å². The van der Waals surface area contributed by atoms with Crippen LogP contribution >= 0.6 is 11.8 Å². The highest BCUT2D eigenvalue weighted by atomic mass is 32.2. The second-order valence-electron chi connectivity index (χ2n) is 8.36. The number of carbonyl (C=O) groups is 2. The number of nitrogens with zero attached hydrogens (tertiary/aromatic N) is 4. The Morgan fingerprint density at radius 1 is 1.05 bits per heavy atom. The fourth-order valence-electron chi connectivity index (χ4n) is 3.62. The minimum atomic E-state index is -0.546. The molecule has 4 aromatic rings. The topological polar surface area (TPSA) is 132 Å². The fourth-order valence-corrected chi connectivity index (χ4v) is 4.39. The molecule has 0 aliphatic heterocycles. The number of amides is 2. The molecule has 0 spiro atoms. The van der Waals surface area contributed by atoms with Crippen molar-refractivity contribution in [2.24, 2.45) is 0 Å². The van der Waals surface area contributed by atoms with Crippen LogP contribution in [0.1, 0.15) is 27.3 Å². The van der Waals surface area contributed by atoms with E-state index in [0.29, 0.717) is 27.9 Å². The first-order valence-corrected chi connectivity index (χ1v) is 12.4. The molecule has 38 heavy (non-hydrogen) atoms. The van der Waals surface area contributed by atoms with Crippen LogP contribution in [0.15, 0.2) is 71.9 Å². The van der Waals surface area contributed by atoms with Gasteiger partial charge in [-0.25, -0.2) is 4.39 Å². The average Bonchev–Trinajstić information content (AvgIpc) is 3.29. The fraction of sp³-hybridized carbons (Fsp3) is 0.154. The first-order valence-electron chi connectivity index (χ1n) is 11.4. The summed E-state index contributed by atoms with van der Waals surface area (Å²) in [4.78, 5) is 35.9. The maximum Gasteiger partial charge on any atom is 0.273 e. The molecule has 1 aromatic heterocycles. The van der Waals surface area contributed by atoms with E-state index in [1.165, 1.54) is 42.5 Å². The summed E-state index contributed by atoms with van der Waals surface area (Å²) in [5.74, 6) is -0.844. The summed E-state index contributed by atoms with van der Waals surface area (Å²) in [5, 5.41) is 25.4. The molecular formula is C26H23FN6O4S. The minimum Gasteiger partial charge on any atom is -0.345 e. The number of thioether (sulfide) groups is 1. The molecule has 0 saturated heterocycles. The first kappa shape index (κ1) is 26.5. The number of aromatic nitrogens is 3. The summed E-state index contributed by atoms with van der Waals surface area (Å²) in [6.07, 6.45) is 0. The summed E-state index contributed by atoms with van der Waals surface area (Å²) in [5.41, 5.74) is 2.63. The molecule has 0 fully saturated rings. The van der Waals surface area contributed by atoms with Gasteiger partial charge in [0.1, 0.15) is 5.82 Å². The highest BCUT2D eigenvalue weighted by molar-refractivity contribution is 7.99. The molecule has 1 heterocycles. The van der Waals surface area contributed by atoms with Gasteiger partial charge in [0.25, 0.3) is 11.6 Å². The van der Waals surface area contributed by atoms with E-state index in [-0.39, 0.29) is 29.5 Å². The molecule has 194 valence electrons. The Bertz CT molecular complexity index is 1510. The van der Waals surface area contributed by atoms with Crippen molar-refractivity contribution in [2.75, 3.05) is 11.1 Å². The predicted octanol–water partition coefficient (Wildman–Crippen LogP) is 4.59. The molecule has 0 unspecified atom stereocenters. The van der Waals surface area contributed by atoms with E-state index < -0.39 is 16.6 Å². The van der Waals surface area contributed by atoms with Gasteiger partial charge in [-0.05, 0) is 61.9 Å². The Kier molecular flexibility index (Phi) is 8.12. The SMILES string of the molecule is Cc1cccc(NC(=O)CSc2nnc(CNC(=O)c3ccc(C)c([N+](=O)[O-])c3)n2-c2ccc(F)cc2)c1. The molecule has 0 bridgehead atoms. The number of halogens is 1. The number of hydrogen-bond acceptors (Lipinski definition) is 7. The molecule has 2 amide bonds. The lowest BCUT2D eigenvalue weighted by Crippen LogP contribution is -2.25. The van der Waals surface area contributed by atoms with Gasteiger partial charge in [0.15, 0.2) is 11.0 Å². The van der Waals surface area contributed by atoms with Crippen LogP contribution in [0.25, 0.3) is 5.69 Å². The van der Waals surface area contributed by atoms with Gasteiger partial charge in [-0.15, -0.1) is 10.2 Å². The lowest BCUT2D eigenvalue weighted by atomic mass is 10.1. The van der Waals surface area contributed by atoms with Crippen molar-refractivity contribution in [3.05, 3.63) is 105 Å². The van der Waals surface area contributed by atoms with Crippen molar-refractivity contribution >= 4 is 35.0 Å². The van der Waals surface area contributed by atoms with Gasteiger partial charge in [-0.2, -0.15) is 0 Å². The third-order valence-corrected chi connectivity index (χ3v) is 6.42. The van der Waals surface area contributed by atoms with Crippen molar-refractivity contribution in [3.63, 3.8) is 0 Å². The zero-order valence-electron chi connectivity index (χ0n) is 20.5. The average molecular weight is 535 g/mol. The van der Waals surface area contributed by atoms with E-state index in [2.05, 4.69) is 20.8 Å². The molecule has 0 aliphatic rings. The second kappa shape index (κ2) is 11.6. The van der Waals surface area contributed by atoms with E-state index in [9.17, 15) is 24.1 Å². The summed E-state index contributed by atoms with van der Waals surface area (Å²) >= 11 is 1.13. The molecule has 2 N–H and O–H groups in total. The van der Waals surface area contributed by atoms with Crippen LogP contribution < -0.4 is 10.6 Å². The Morgan fingerprint density at radius 3 is 2.53 bits per heavy atom. The number of nitrogens with one attached hydrogen (secondary N) is 2. The van der Waals surface area contributed by atoms with Gasteiger partial charge in [0.2, 0.25) is 5.91 Å². The zero-order valence-corrected chi connectivity index (χ0v) is 21.3. The standard InChI is InChI=1S/C26H23FN6O4S/c1-16-4-3-5-20(12-16)29-24(34)15-38-26-31-30-23(32(26)21-10-8-19(27)9-11-21)14-28-25(35)18-7-6-17(2)22(13-18)33(36)37/h3-13H,14-15H2,1-2H3,(H,28,35)(H,29,34). The predicted molar refractivity (Wildman–Crippen MR) is 141 cm³/mol. The molecule has 0 radical (unpaired) electrons. The maximum absolute atomic E-state index is 13.6. The molecular weight excluding hydrogens is 511 g/mol. The van der Waals surface area contributed by atoms with Gasteiger partial charge in [-0.1, -0.05) is 30.0 Å². The third kappa shape index (κ3) is 6.40. The van der Waals surface area contributed by atoms with Crippen molar-refractivity contribution in [2.45, 2.75) is 25.5 Å². The number of benzene rings is 3. The Balaban J connectivity index is 1.51. The summed E-state index contributed by atoms with van der Waals surface area (Å²) < 4.78 is 15.2. The van der Waals surface area contributed by atoms with E-state index in [1.54, 1.807) is 17.6 Å². The Hall–Kier alpha value is -4.58. The van der Waals surface area contributed by atoms with Crippen LogP contribution in [0.2, 0.25) is 0 Å². The van der Waals surface area contributed by atoms with Crippen LogP contribution in [0.3, 0.4) is 0 Å². The maximum atomic E-state index is 13.6. The van der Waals surface area contributed by atoms with Crippen LogP contribution in [-0.4, -0.2) is 37.3 Å². The van der Waals surface area contributed by atoms with Gasteiger partial charge in [0, 0.05) is 28.6 Å². The second-order valence-corrected chi connectivity index (χ2v) is 9.30. The van der Waals surface area contributed by atoms with Gasteiger partial charge in [-0.3, -0.25) is 24.3 Å². The third-order valence-electron chi connectivity index (χ3n) is 5.49. The van der Waals surface area contributed by atoms with Crippen LogP contribution in [0.5, 0.6) is 0 Å². The molecule has 0 atom stereocenters. The van der Waals surface area contributed by atoms with Gasteiger partial charge >= 0.3 is 0 Å². The molecule has 0 saturated carbocycles. The Morgan fingerprint density at radius 2 is 1.82 bits per heavy atom. The molecule has 4 rings (SSSR count). The van der Waals surface area contributed by atoms with E-state index >= 15 is 0 Å². The van der Waals surface area contributed by atoms with E-state index in [4.69, 9.17) is 0 Å². The molecule has 3 aromatic carbocycles. The number of hydrogen-bond donors (Lipinski definition) is 2. The highest BCUT2D eigenvalue weighted by Crippen LogP contribution is 2.24. The summed E-state index contributed by atoms with van der Waals surface area (Å²) in [6.45, 7) is 3.45. The monoisotopic (exact) mass is 534 g/mol. The smallest absolute Gasteiger partial charge is 0.273 e. The number of aryl methyl sites for hydroxylation is 2. The number of nitro groups is 1. The van der Waals surface area contributed by atoms with E-state index in [0.717, 1.165) is 17.3 Å². The van der Waals surface area contributed by atoms with Crippen molar-refractivity contribution < 1.29 is 18.9 Å². The van der Waals surface area contributed by atoms with Crippen molar-refractivity contribution in [3.8, 4) is 5.69 Å².